The number of benzene rings is 2. The molecule has 0 saturated heterocycles. The van der Waals surface area contributed by atoms with Crippen LogP contribution in [-0.2, 0) is 12.8 Å². The van der Waals surface area contributed by atoms with E-state index in [2.05, 4.69) is 12.2 Å². The Kier molecular flexibility index (Phi) is 3.62. The summed E-state index contributed by atoms with van der Waals surface area (Å²) in [4.78, 5) is 0. The van der Waals surface area contributed by atoms with E-state index in [1.165, 1.54) is 11.6 Å². The molecular weight excluding hydrogens is 275 g/mol. The molecule has 2 aromatic carbocycles. The molecule has 0 aromatic heterocycles. The van der Waals surface area contributed by atoms with E-state index < -0.39 is 17.5 Å². The highest BCUT2D eigenvalue weighted by molar-refractivity contribution is 5.55. The van der Waals surface area contributed by atoms with Crippen molar-refractivity contribution in [1.82, 2.24) is 0 Å². The first-order valence-electron chi connectivity index (χ1n) is 7.05. The van der Waals surface area contributed by atoms with Crippen molar-refractivity contribution in [2.24, 2.45) is 0 Å². The van der Waals surface area contributed by atoms with Crippen LogP contribution < -0.4 is 5.32 Å². The first-order chi connectivity index (χ1) is 10.0. The van der Waals surface area contributed by atoms with Gasteiger partial charge in [-0.3, -0.25) is 0 Å². The molecule has 0 radical (unpaired) electrons. The number of anilines is 1. The second kappa shape index (κ2) is 5.43. The Morgan fingerprint density at radius 2 is 1.90 bits per heavy atom. The predicted molar refractivity (Wildman–Crippen MR) is 77.0 cm³/mol. The summed E-state index contributed by atoms with van der Waals surface area (Å²) in [6, 6.07) is 8.59. The Labute approximate surface area is 121 Å². The highest BCUT2D eigenvalue weighted by Crippen LogP contribution is 2.27. The zero-order chi connectivity index (χ0) is 15.0. The lowest BCUT2D eigenvalue weighted by Gasteiger charge is -2.24. The van der Waals surface area contributed by atoms with Crippen LogP contribution >= 0.6 is 0 Å². The lowest BCUT2D eigenvalue weighted by Crippen LogP contribution is -2.21. The SMILES string of the molecule is CC1CCc2cc(Cc3ccc(F)c(F)c3F)ccc2N1. The van der Waals surface area contributed by atoms with Gasteiger partial charge in [-0.15, -0.1) is 0 Å². The maximum atomic E-state index is 13.7. The van der Waals surface area contributed by atoms with E-state index in [9.17, 15) is 13.2 Å². The van der Waals surface area contributed by atoms with Crippen LogP contribution in [-0.4, -0.2) is 6.04 Å². The molecule has 2 aromatic rings. The second-order valence-corrected chi connectivity index (χ2v) is 5.59. The van der Waals surface area contributed by atoms with E-state index in [4.69, 9.17) is 0 Å². The third kappa shape index (κ3) is 2.75. The molecule has 0 saturated carbocycles. The smallest absolute Gasteiger partial charge is 0.194 e. The zero-order valence-corrected chi connectivity index (χ0v) is 11.7. The first kappa shape index (κ1) is 14.0. The summed E-state index contributed by atoms with van der Waals surface area (Å²) >= 11 is 0. The number of hydrogen-bond donors (Lipinski definition) is 1. The topological polar surface area (TPSA) is 12.0 Å². The predicted octanol–water partition coefficient (Wildman–Crippen LogP) is 4.44. The van der Waals surface area contributed by atoms with Crippen molar-refractivity contribution in [3.63, 3.8) is 0 Å². The summed E-state index contributed by atoms with van der Waals surface area (Å²) in [6.07, 6.45) is 2.28. The Balaban J connectivity index is 1.88. The number of fused-ring (bicyclic) bond motifs is 1. The largest absolute Gasteiger partial charge is 0.382 e. The number of rotatable bonds is 2. The monoisotopic (exact) mass is 291 g/mol. The van der Waals surface area contributed by atoms with Crippen molar-refractivity contribution < 1.29 is 13.2 Å². The van der Waals surface area contributed by atoms with Gasteiger partial charge in [0.15, 0.2) is 17.5 Å². The quantitative estimate of drug-likeness (QED) is 0.807. The Morgan fingerprint density at radius 1 is 1.10 bits per heavy atom. The lowest BCUT2D eigenvalue weighted by molar-refractivity contribution is 0.442. The van der Waals surface area contributed by atoms with Gasteiger partial charge in [-0.05, 0) is 48.6 Å². The molecule has 3 rings (SSSR count). The number of hydrogen-bond acceptors (Lipinski definition) is 1. The molecule has 0 spiro atoms. The van der Waals surface area contributed by atoms with E-state index in [1.807, 2.05) is 18.2 Å². The van der Waals surface area contributed by atoms with Gasteiger partial charge in [0, 0.05) is 18.2 Å². The maximum absolute atomic E-state index is 13.7. The van der Waals surface area contributed by atoms with Crippen LogP contribution in [0.3, 0.4) is 0 Å². The summed E-state index contributed by atoms with van der Waals surface area (Å²) < 4.78 is 39.9. The molecule has 0 aliphatic carbocycles. The van der Waals surface area contributed by atoms with Crippen LogP contribution in [0.5, 0.6) is 0 Å². The van der Waals surface area contributed by atoms with E-state index in [-0.39, 0.29) is 12.0 Å². The van der Waals surface area contributed by atoms with Crippen molar-refractivity contribution in [2.45, 2.75) is 32.2 Å². The summed E-state index contributed by atoms with van der Waals surface area (Å²) in [5, 5.41) is 3.40. The molecule has 1 heterocycles. The summed E-state index contributed by atoms with van der Waals surface area (Å²) in [6.45, 7) is 2.13. The molecule has 1 aliphatic rings. The van der Waals surface area contributed by atoms with Gasteiger partial charge in [0.1, 0.15) is 0 Å². The fourth-order valence-electron chi connectivity index (χ4n) is 2.74. The van der Waals surface area contributed by atoms with Crippen molar-refractivity contribution in [3.05, 3.63) is 64.5 Å². The molecule has 110 valence electrons. The standard InChI is InChI=1S/C17H16F3N/c1-10-2-4-12-8-11(3-7-15(12)21-10)9-13-5-6-14(18)17(20)16(13)19/h3,5-8,10,21H,2,4,9H2,1H3. The Hall–Kier alpha value is -1.97. The van der Waals surface area contributed by atoms with Crippen molar-refractivity contribution in [1.29, 1.82) is 0 Å². The maximum Gasteiger partial charge on any atom is 0.194 e. The van der Waals surface area contributed by atoms with Crippen molar-refractivity contribution in [3.8, 4) is 0 Å². The fraction of sp³-hybridized carbons (Fsp3) is 0.294. The molecule has 1 N–H and O–H groups in total. The van der Waals surface area contributed by atoms with Crippen LogP contribution in [0.4, 0.5) is 18.9 Å². The first-order valence-corrected chi connectivity index (χ1v) is 7.05. The minimum absolute atomic E-state index is 0.172. The van der Waals surface area contributed by atoms with Gasteiger partial charge in [-0.1, -0.05) is 18.2 Å². The number of halogens is 3. The average molecular weight is 291 g/mol. The van der Waals surface area contributed by atoms with Gasteiger partial charge in [-0.2, -0.15) is 0 Å². The Bertz CT molecular complexity index is 682. The minimum atomic E-state index is -1.40. The summed E-state index contributed by atoms with van der Waals surface area (Å²) in [7, 11) is 0. The second-order valence-electron chi connectivity index (χ2n) is 5.59. The highest BCUT2D eigenvalue weighted by atomic mass is 19.2. The lowest BCUT2D eigenvalue weighted by atomic mass is 9.95. The molecule has 0 amide bonds. The molecule has 0 fully saturated rings. The van der Waals surface area contributed by atoms with Crippen molar-refractivity contribution in [2.75, 3.05) is 5.32 Å². The average Bonchev–Trinajstić information content (AvgIpc) is 2.48. The van der Waals surface area contributed by atoms with Gasteiger partial charge in [0.05, 0.1) is 0 Å². The van der Waals surface area contributed by atoms with Crippen molar-refractivity contribution >= 4 is 5.69 Å². The van der Waals surface area contributed by atoms with Crippen LogP contribution in [0, 0.1) is 17.5 Å². The summed E-state index contributed by atoms with van der Waals surface area (Å²) in [5.74, 6) is -3.65. The van der Waals surface area contributed by atoms with Crippen LogP contribution in [0.15, 0.2) is 30.3 Å². The molecular formula is C17H16F3N. The summed E-state index contributed by atoms with van der Waals surface area (Å²) in [5.41, 5.74) is 3.36. The van der Waals surface area contributed by atoms with E-state index >= 15 is 0 Å². The highest BCUT2D eigenvalue weighted by Gasteiger charge is 2.16. The normalized spacial score (nSPS) is 17.2. The van der Waals surface area contributed by atoms with Gasteiger partial charge in [-0.25, -0.2) is 13.2 Å². The van der Waals surface area contributed by atoms with Gasteiger partial charge in [0.2, 0.25) is 0 Å². The van der Waals surface area contributed by atoms with Gasteiger partial charge < -0.3 is 5.32 Å². The number of aryl methyl sites for hydroxylation is 1. The fourth-order valence-corrected chi connectivity index (χ4v) is 2.74. The number of nitrogens with one attached hydrogen (secondary N) is 1. The zero-order valence-electron chi connectivity index (χ0n) is 11.7. The van der Waals surface area contributed by atoms with Gasteiger partial charge in [0.25, 0.3) is 0 Å². The minimum Gasteiger partial charge on any atom is -0.382 e. The molecule has 0 bridgehead atoms. The molecule has 21 heavy (non-hydrogen) atoms. The molecule has 4 heteroatoms. The third-order valence-electron chi connectivity index (χ3n) is 3.93. The van der Waals surface area contributed by atoms with Crippen LogP contribution in [0.1, 0.15) is 30.0 Å². The van der Waals surface area contributed by atoms with E-state index in [0.29, 0.717) is 6.04 Å². The van der Waals surface area contributed by atoms with E-state index in [1.54, 1.807) is 0 Å². The van der Waals surface area contributed by atoms with Crippen LogP contribution in [0.25, 0.3) is 0 Å². The van der Waals surface area contributed by atoms with Crippen LogP contribution in [0.2, 0.25) is 0 Å². The van der Waals surface area contributed by atoms with E-state index in [0.717, 1.165) is 30.2 Å². The molecule has 1 unspecified atom stereocenters. The third-order valence-corrected chi connectivity index (χ3v) is 3.93. The van der Waals surface area contributed by atoms with Gasteiger partial charge >= 0.3 is 0 Å². The molecule has 1 nitrogen and oxygen atoms in total. The molecule has 1 aliphatic heterocycles. The Morgan fingerprint density at radius 3 is 2.71 bits per heavy atom. The molecule has 1 atom stereocenters.